The average Bonchev–Trinajstić information content (AvgIpc) is 2.08. The van der Waals surface area contributed by atoms with Crippen molar-refractivity contribution >= 4 is 31.9 Å². The summed E-state index contributed by atoms with van der Waals surface area (Å²) in [5, 5.41) is 0. The van der Waals surface area contributed by atoms with Gasteiger partial charge in [0.15, 0.2) is 0 Å². The summed E-state index contributed by atoms with van der Waals surface area (Å²) in [5.41, 5.74) is 0. The molecule has 0 spiro atoms. The van der Waals surface area contributed by atoms with Crippen LogP contribution in [0.4, 0.5) is 4.39 Å². The fourth-order valence-corrected chi connectivity index (χ4v) is 1.39. The summed E-state index contributed by atoms with van der Waals surface area (Å²) in [7, 11) is 0. The van der Waals surface area contributed by atoms with E-state index in [1.807, 2.05) is 0 Å². The highest BCUT2D eigenvalue weighted by molar-refractivity contribution is 9.11. The van der Waals surface area contributed by atoms with Gasteiger partial charge in [-0.15, -0.1) is 0 Å². The fraction of sp³-hybridized carbons (Fsp3) is 0. The van der Waals surface area contributed by atoms with Gasteiger partial charge in [0.1, 0.15) is 5.82 Å². The highest BCUT2D eigenvalue weighted by Gasteiger charge is 1.93. The lowest BCUT2D eigenvalue weighted by molar-refractivity contribution is 0.626. The van der Waals surface area contributed by atoms with Gasteiger partial charge in [-0.3, -0.25) is 0 Å². The molecule has 0 heterocycles. The van der Waals surface area contributed by atoms with Crippen molar-refractivity contribution in [3.05, 3.63) is 32.9 Å². The van der Waals surface area contributed by atoms with Gasteiger partial charge in [-0.05, 0) is 18.1 Å². The minimum absolute atomic E-state index is 0.0582. The topological polar surface area (TPSA) is 0 Å². The molecule has 0 aliphatic heterocycles. The Kier molecular flexibility index (Phi) is 1.27. The summed E-state index contributed by atoms with van der Waals surface area (Å²) in [4.78, 5) is 0. The Hall–Kier alpha value is 0.110. The van der Waals surface area contributed by atoms with Crippen molar-refractivity contribution in [1.82, 2.24) is 0 Å². The Labute approximate surface area is 73.5 Å². The van der Waals surface area contributed by atoms with E-state index in [1.54, 1.807) is 0 Å². The average molecular weight is 257 g/mol. The van der Waals surface area contributed by atoms with Crippen molar-refractivity contribution in [2.75, 3.05) is 0 Å². The molecule has 3 heteroatoms. The molecule has 0 aliphatic rings. The molecule has 1 rings (SSSR count). The number of hydrogen-bond acceptors (Lipinski definition) is 0. The monoisotopic (exact) mass is 255 g/mol. The standard InChI is InChI=1S/C6H3Br2F/c7-4-1-5(8)3-6(9)2-4/h1-3H/i1D,2D,3D. The van der Waals surface area contributed by atoms with E-state index in [0.717, 1.165) is 0 Å². The molecule has 0 saturated heterocycles. The zero-order valence-corrected chi connectivity index (χ0v) is 7.31. The molecular weight excluding hydrogens is 251 g/mol. The van der Waals surface area contributed by atoms with Crippen LogP contribution in [0.1, 0.15) is 4.11 Å². The van der Waals surface area contributed by atoms with Gasteiger partial charge in [0.05, 0.1) is 4.11 Å². The minimum atomic E-state index is -0.926. The number of benzene rings is 1. The molecule has 0 amide bonds. The number of rotatable bonds is 0. The third-order valence-corrected chi connectivity index (χ3v) is 1.45. The summed E-state index contributed by atoms with van der Waals surface area (Å²) in [6.45, 7) is 0. The van der Waals surface area contributed by atoms with Gasteiger partial charge in [-0.25, -0.2) is 4.39 Å². The molecule has 0 N–H and O–H groups in total. The molecule has 48 valence electrons. The van der Waals surface area contributed by atoms with Crippen LogP contribution in [0.2, 0.25) is 0 Å². The maximum Gasteiger partial charge on any atom is 0.125 e. The molecule has 0 bridgehead atoms. The largest absolute Gasteiger partial charge is 0.207 e. The normalized spacial score (nSPS) is 14.3. The van der Waals surface area contributed by atoms with E-state index >= 15 is 0 Å². The first-order chi connectivity index (χ1) is 5.46. The zero-order chi connectivity index (χ0) is 9.46. The molecule has 0 unspecified atom stereocenters. The van der Waals surface area contributed by atoms with Gasteiger partial charge in [-0.1, -0.05) is 31.9 Å². The lowest BCUT2D eigenvalue weighted by atomic mass is 10.4. The Balaban J connectivity index is 3.60. The van der Waals surface area contributed by atoms with Gasteiger partial charge >= 0.3 is 0 Å². The Morgan fingerprint density at radius 2 is 1.67 bits per heavy atom. The summed E-state index contributed by atoms with van der Waals surface area (Å²) < 4.78 is 34.6. The Bertz CT molecular complexity index is 235. The van der Waals surface area contributed by atoms with E-state index in [2.05, 4.69) is 31.9 Å². The smallest absolute Gasteiger partial charge is 0.125 e. The molecule has 0 fully saturated rings. The van der Waals surface area contributed by atoms with Crippen molar-refractivity contribution in [2.24, 2.45) is 0 Å². The van der Waals surface area contributed by atoms with Crippen LogP contribution in [0, 0.1) is 5.82 Å². The van der Waals surface area contributed by atoms with Gasteiger partial charge in [0.25, 0.3) is 0 Å². The predicted molar refractivity (Wildman–Crippen MR) is 41.8 cm³/mol. The molecule has 0 atom stereocenters. The second-order valence-corrected chi connectivity index (χ2v) is 2.90. The molecule has 9 heavy (non-hydrogen) atoms. The predicted octanol–water partition coefficient (Wildman–Crippen LogP) is 3.35. The van der Waals surface area contributed by atoms with Crippen LogP contribution in [0.3, 0.4) is 0 Å². The summed E-state index contributed by atoms with van der Waals surface area (Å²) >= 11 is 5.77. The van der Waals surface area contributed by atoms with E-state index < -0.39 is 17.9 Å². The van der Waals surface area contributed by atoms with Crippen LogP contribution < -0.4 is 0 Å². The summed E-state index contributed by atoms with van der Waals surface area (Å²) in [6.07, 6.45) is 0. The fourth-order valence-electron chi connectivity index (χ4n) is 0.383. The minimum Gasteiger partial charge on any atom is -0.207 e. The van der Waals surface area contributed by atoms with E-state index in [4.69, 9.17) is 4.11 Å². The lowest BCUT2D eigenvalue weighted by Gasteiger charge is -1.91. The Morgan fingerprint density at radius 1 is 1.22 bits per heavy atom. The molecule has 0 saturated carbocycles. The van der Waals surface area contributed by atoms with Gasteiger partial charge in [0.2, 0.25) is 0 Å². The molecule has 0 nitrogen and oxygen atoms in total. The number of hydrogen-bond donors (Lipinski definition) is 0. The molecule has 0 aliphatic carbocycles. The Morgan fingerprint density at radius 3 is 2.11 bits per heavy atom. The van der Waals surface area contributed by atoms with Crippen molar-refractivity contribution in [3.63, 3.8) is 0 Å². The second kappa shape index (κ2) is 2.80. The highest BCUT2D eigenvalue weighted by atomic mass is 79.9. The van der Waals surface area contributed by atoms with Crippen molar-refractivity contribution in [2.45, 2.75) is 0 Å². The first kappa shape index (κ1) is 4.09. The van der Waals surface area contributed by atoms with Crippen LogP contribution >= 0.6 is 31.9 Å². The van der Waals surface area contributed by atoms with Crippen LogP contribution in [-0.4, -0.2) is 0 Å². The zero-order valence-electron chi connectivity index (χ0n) is 7.13. The van der Waals surface area contributed by atoms with Crippen molar-refractivity contribution in [1.29, 1.82) is 0 Å². The molecule has 1 aromatic rings. The first-order valence-electron chi connectivity index (χ1n) is 3.57. The molecule has 0 aromatic heterocycles. The maximum absolute atomic E-state index is 12.9. The molecule has 1 aromatic carbocycles. The SMILES string of the molecule is [2H]c1c(F)c([2H])c(Br)c([2H])c1Br. The summed E-state index contributed by atoms with van der Waals surface area (Å²) in [6, 6.07) is -0.979. The molecular formula is C6H3Br2F. The van der Waals surface area contributed by atoms with Crippen molar-refractivity contribution in [3.8, 4) is 0 Å². The number of halogens is 3. The second-order valence-electron chi connectivity index (χ2n) is 1.32. The van der Waals surface area contributed by atoms with Crippen molar-refractivity contribution < 1.29 is 8.50 Å². The lowest BCUT2D eigenvalue weighted by Crippen LogP contribution is -1.72. The third-order valence-electron chi connectivity index (χ3n) is 0.658. The maximum atomic E-state index is 12.9. The third kappa shape index (κ3) is 2.06. The first-order valence-corrected chi connectivity index (χ1v) is 3.65. The van der Waals surface area contributed by atoms with E-state index in [-0.39, 0.29) is 15.0 Å². The van der Waals surface area contributed by atoms with Crippen LogP contribution in [0.15, 0.2) is 27.1 Å². The quantitative estimate of drug-likeness (QED) is 0.668. The van der Waals surface area contributed by atoms with E-state index in [9.17, 15) is 4.39 Å². The molecule has 0 radical (unpaired) electrons. The summed E-state index contributed by atoms with van der Waals surface area (Å²) in [5.74, 6) is -0.926. The van der Waals surface area contributed by atoms with Crippen LogP contribution in [-0.2, 0) is 0 Å². The van der Waals surface area contributed by atoms with E-state index in [1.165, 1.54) is 0 Å². The highest BCUT2D eigenvalue weighted by Crippen LogP contribution is 2.18. The van der Waals surface area contributed by atoms with E-state index in [0.29, 0.717) is 0 Å². The van der Waals surface area contributed by atoms with Crippen LogP contribution in [0.25, 0.3) is 0 Å². The van der Waals surface area contributed by atoms with Crippen LogP contribution in [0.5, 0.6) is 0 Å². The van der Waals surface area contributed by atoms with Gasteiger partial charge in [-0.2, -0.15) is 0 Å². The van der Waals surface area contributed by atoms with Gasteiger partial charge < -0.3 is 0 Å². The van der Waals surface area contributed by atoms with Gasteiger partial charge in [0, 0.05) is 8.95 Å².